The standard InChI is InChI=1S/C23H27N5O/c1-15(2)24-13-21(29)27-14-17-9-5-6-10-18(17)23-22(25-26-28(23)16(3)4)19-11-7-8-12-20(19)27/h5-12,15-16,24H,13-14H2,1-4H3. The quantitative estimate of drug-likeness (QED) is 0.732. The lowest BCUT2D eigenvalue weighted by Gasteiger charge is -2.29. The fraction of sp³-hybridized carbons (Fsp3) is 0.348. The Balaban J connectivity index is 1.93. The van der Waals surface area contributed by atoms with E-state index in [1.807, 2.05) is 59.8 Å². The number of hydrogen-bond acceptors (Lipinski definition) is 4. The van der Waals surface area contributed by atoms with E-state index in [9.17, 15) is 4.79 Å². The zero-order valence-electron chi connectivity index (χ0n) is 17.4. The first-order valence-electron chi connectivity index (χ1n) is 10.1. The van der Waals surface area contributed by atoms with Crippen molar-refractivity contribution in [3.05, 3.63) is 54.1 Å². The minimum absolute atomic E-state index is 0.0423. The number of carbonyl (C=O) groups is 1. The molecule has 1 aliphatic rings. The summed E-state index contributed by atoms with van der Waals surface area (Å²) in [7, 11) is 0. The number of rotatable bonds is 4. The lowest BCUT2D eigenvalue weighted by Crippen LogP contribution is -2.40. The first kappa shape index (κ1) is 19.3. The van der Waals surface area contributed by atoms with E-state index < -0.39 is 0 Å². The van der Waals surface area contributed by atoms with Crippen LogP contribution < -0.4 is 10.2 Å². The number of hydrogen-bond donors (Lipinski definition) is 1. The molecule has 0 radical (unpaired) electrons. The summed E-state index contributed by atoms with van der Waals surface area (Å²) in [5, 5.41) is 12.3. The Morgan fingerprint density at radius 2 is 1.72 bits per heavy atom. The highest BCUT2D eigenvalue weighted by atomic mass is 16.2. The van der Waals surface area contributed by atoms with E-state index >= 15 is 0 Å². The number of anilines is 1. The predicted molar refractivity (Wildman–Crippen MR) is 116 cm³/mol. The van der Waals surface area contributed by atoms with E-state index in [0.29, 0.717) is 13.1 Å². The van der Waals surface area contributed by atoms with Gasteiger partial charge in [0.1, 0.15) is 5.69 Å². The van der Waals surface area contributed by atoms with Crippen molar-refractivity contribution in [2.24, 2.45) is 0 Å². The molecule has 1 aromatic heterocycles. The van der Waals surface area contributed by atoms with E-state index in [2.05, 4.69) is 41.6 Å². The van der Waals surface area contributed by atoms with Crippen LogP contribution in [-0.4, -0.2) is 33.5 Å². The van der Waals surface area contributed by atoms with Gasteiger partial charge in [0.2, 0.25) is 5.91 Å². The Kier molecular flexibility index (Phi) is 5.20. The van der Waals surface area contributed by atoms with Gasteiger partial charge in [-0.2, -0.15) is 0 Å². The normalized spacial score (nSPS) is 13.0. The maximum absolute atomic E-state index is 13.2. The number of aromatic nitrogens is 3. The summed E-state index contributed by atoms with van der Waals surface area (Å²) in [6, 6.07) is 16.6. The number of benzene rings is 2. The van der Waals surface area contributed by atoms with Gasteiger partial charge in [-0.1, -0.05) is 61.5 Å². The van der Waals surface area contributed by atoms with Crippen molar-refractivity contribution in [3.63, 3.8) is 0 Å². The molecule has 2 heterocycles. The van der Waals surface area contributed by atoms with Gasteiger partial charge in [-0.15, -0.1) is 5.10 Å². The van der Waals surface area contributed by atoms with Gasteiger partial charge in [0.05, 0.1) is 24.5 Å². The summed E-state index contributed by atoms with van der Waals surface area (Å²) in [4.78, 5) is 15.0. The molecule has 0 bridgehead atoms. The average Bonchev–Trinajstić information content (AvgIpc) is 3.14. The molecule has 0 saturated carbocycles. The largest absolute Gasteiger partial charge is 0.306 e. The van der Waals surface area contributed by atoms with Crippen LogP contribution >= 0.6 is 0 Å². The summed E-state index contributed by atoms with van der Waals surface area (Å²) >= 11 is 0. The van der Waals surface area contributed by atoms with Gasteiger partial charge >= 0.3 is 0 Å². The van der Waals surface area contributed by atoms with Crippen molar-refractivity contribution in [3.8, 4) is 22.5 Å². The molecule has 0 spiro atoms. The van der Waals surface area contributed by atoms with Crippen molar-refractivity contribution in [2.45, 2.75) is 46.3 Å². The van der Waals surface area contributed by atoms with Crippen LogP contribution in [0, 0.1) is 0 Å². The molecular formula is C23H27N5O. The van der Waals surface area contributed by atoms with E-state index in [-0.39, 0.29) is 18.0 Å². The lowest BCUT2D eigenvalue weighted by atomic mass is 9.95. The second-order valence-electron chi connectivity index (χ2n) is 8.01. The van der Waals surface area contributed by atoms with Crippen molar-refractivity contribution in [1.29, 1.82) is 0 Å². The first-order chi connectivity index (χ1) is 14.0. The van der Waals surface area contributed by atoms with Gasteiger partial charge in [-0.3, -0.25) is 4.79 Å². The Morgan fingerprint density at radius 1 is 1.03 bits per heavy atom. The molecule has 1 amide bonds. The third kappa shape index (κ3) is 3.56. The third-order valence-corrected chi connectivity index (χ3v) is 5.20. The Morgan fingerprint density at radius 3 is 2.45 bits per heavy atom. The highest BCUT2D eigenvalue weighted by Crippen LogP contribution is 2.41. The maximum Gasteiger partial charge on any atom is 0.241 e. The van der Waals surface area contributed by atoms with Crippen LogP contribution in [0.5, 0.6) is 0 Å². The molecule has 1 N–H and O–H groups in total. The predicted octanol–water partition coefficient (Wildman–Crippen LogP) is 4.04. The second-order valence-corrected chi connectivity index (χ2v) is 8.01. The number of nitrogens with one attached hydrogen (secondary N) is 1. The third-order valence-electron chi connectivity index (χ3n) is 5.20. The second kappa shape index (κ2) is 7.79. The van der Waals surface area contributed by atoms with Gasteiger partial charge in [0.25, 0.3) is 0 Å². The SMILES string of the molecule is CC(C)NCC(=O)N1Cc2ccccc2-c2c(nnn2C(C)C)-c2ccccc21. The van der Waals surface area contributed by atoms with Crippen LogP contribution in [0.4, 0.5) is 5.69 Å². The molecule has 0 unspecified atom stereocenters. The molecule has 0 aliphatic carbocycles. The molecule has 4 rings (SSSR count). The van der Waals surface area contributed by atoms with Gasteiger partial charge in [-0.25, -0.2) is 4.68 Å². The average molecular weight is 390 g/mol. The maximum atomic E-state index is 13.2. The number of nitrogens with zero attached hydrogens (tertiary/aromatic N) is 4. The van der Waals surface area contributed by atoms with Crippen molar-refractivity contribution in [1.82, 2.24) is 20.3 Å². The molecule has 0 fully saturated rings. The van der Waals surface area contributed by atoms with Crippen LogP contribution in [0.1, 0.15) is 39.3 Å². The monoisotopic (exact) mass is 389 g/mol. The summed E-state index contributed by atoms with van der Waals surface area (Å²) in [5.41, 5.74) is 5.79. The molecular weight excluding hydrogens is 362 g/mol. The molecule has 0 atom stereocenters. The highest BCUT2D eigenvalue weighted by molar-refractivity contribution is 6.01. The van der Waals surface area contributed by atoms with Crippen LogP contribution in [0.2, 0.25) is 0 Å². The molecule has 3 aromatic rings. The van der Waals surface area contributed by atoms with Crippen molar-refractivity contribution >= 4 is 11.6 Å². The smallest absolute Gasteiger partial charge is 0.241 e. The van der Waals surface area contributed by atoms with Gasteiger partial charge in [-0.05, 0) is 25.5 Å². The zero-order chi connectivity index (χ0) is 20.5. The van der Waals surface area contributed by atoms with Gasteiger partial charge in [0.15, 0.2) is 0 Å². The molecule has 150 valence electrons. The van der Waals surface area contributed by atoms with Crippen molar-refractivity contribution < 1.29 is 4.79 Å². The highest BCUT2D eigenvalue weighted by Gasteiger charge is 2.29. The Labute approximate surface area is 171 Å². The molecule has 0 saturated heterocycles. The van der Waals surface area contributed by atoms with E-state index in [0.717, 1.165) is 33.8 Å². The molecule has 29 heavy (non-hydrogen) atoms. The van der Waals surface area contributed by atoms with Gasteiger partial charge < -0.3 is 10.2 Å². The van der Waals surface area contributed by atoms with E-state index in [4.69, 9.17) is 0 Å². The number of amides is 1. The summed E-state index contributed by atoms with van der Waals surface area (Å²) in [6.45, 7) is 9.10. The number of para-hydroxylation sites is 1. The Bertz CT molecular complexity index is 1040. The van der Waals surface area contributed by atoms with Crippen LogP contribution in [0.3, 0.4) is 0 Å². The van der Waals surface area contributed by atoms with Crippen LogP contribution in [-0.2, 0) is 11.3 Å². The minimum atomic E-state index is 0.0423. The summed E-state index contributed by atoms with van der Waals surface area (Å²) in [6.07, 6.45) is 0. The van der Waals surface area contributed by atoms with Crippen LogP contribution in [0.25, 0.3) is 22.5 Å². The van der Waals surface area contributed by atoms with Crippen LogP contribution in [0.15, 0.2) is 48.5 Å². The number of carbonyl (C=O) groups excluding carboxylic acids is 1. The van der Waals surface area contributed by atoms with Crippen molar-refractivity contribution in [2.75, 3.05) is 11.4 Å². The zero-order valence-corrected chi connectivity index (χ0v) is 17.4. The molecule has 6 heteroatoms. The first-order valence-corrected chi connectivity index (χ1v) is 10.1. The Hall–Kier alpha value is -2.99. The molecule has 2 aromatic carbocycles. The lowest BCUT2D eigenvalue weighted by molar-refractivity contribution is -0.118. The van der Waals surface area contributed by atoms with Gasteiger partial charge in [0, 0.05) is 23.2 Å². The topological polar surface area (TPSA) is 63.1 Å². The minimum Gasteiger partial charge on any atom is -0.306 e. The number of fused-ring (bicyclic) bond motifs is 5. The van der Waals surface area contributed by atoms with E-state index in [1.165, 1.54) is 0 Å². The fourth-order valence-electron chi connectivity index (χ4n) is 3.75. The summed E-state index contributed by atoms with van der Waals surface area (Å²) < 4.78 is 1.97. The molecule has 1 aliphatic heterocycles. The molecule has 6 nitrogen and oxygen atoms in total. The fourth-order valence-corrected chi connectivity index (χ4v) is 3.75. The van der Waals surface area contributed by atoms with E-state index in [1.54, 1.807) is 0 Å². The summed E-state index contributed by atoms with van der Waals surface area (Å²) in [5.74, 6) is 0.0423.